The quantitative estimate of drug-likeness (QED) is 0.436. The molecule has 140 valence electrons. The van der Waals surface area contributed by atoms with Gasteiger partial charge in [0, 0.05) is 18.8 Å². The lowest BCUT2D eigenvalue weighted by molar-refractivity contribution is -0.348. The first-order valence-corrected chi connectivity index (χ1v) is 10.2. The van der Waals surface area contributed by atoms with Crippen LogP contribution in [0.2, 0.25) is 0 Å². The molecule has 3 fully saturated rings. The van der Waals surface area contributed by atoms with Crippen LogP contribution in [-0.2, 0) is 14.3 Å². The molecule has 3 saturated heterocycles. The summed E-state index contributed by atoms with van der Waals surface area (Å²) in [6.45, 7) is 2.26. The van der Waals surface area contributed by atoms with E-state index in [-0.39, 0.29) is 6.29 Å². The van der Waals surface area contributed by atoms with E-state index < -0.39 is 5.97 Å². The second kappa shape index (κ2) is 11.1. The molecule has 0 aromatic heterocycles. The van der Waals surface area contributed by atoms with Gasteiger partial charge in [-0.1, -0.05) is 64.7 Å². The Morgan fingerprint density at radius 3 is 2.25 bits per heavy atom. The Kier molecular flexibility index (Phi) is 9.11. The lowest BCUT2D eigenvalue weighted by atomic mass is 9.81. The molecule has 3 rings (SSSR count). The van der Waals surface area contributed by atoms with Crippen LogP contribution in [0, 0.1) is 5.92 Å². The first-order chi connectivity index (χ1) is 11.7. The lowest BCUT2D eigenvalue weighted by Crippen LogP contribution is -2.56. The number of unbranched alkanes of at least 4 members (excludes halogenated alkanes) is 8. The number of aliphatic carboxylic acids is 1. The third-order valence-corrected chi connectivity index (χ3v) is 5.55. The van der Waals surface area contributed by atoms with Crippen molar-refractivity contribution >= 4 is 5.97 Å². The Morgan fingerprint density at radius 2 is 1.54 bits per heavy atom. The topological polar surface area (TPSA) is 55.8 Å². The van der Waals surface area contributed by atoms with Gasteiger partial charge in [-0.05, 0) is 19.3 Å². The highest BCUT2D eigenvalue weighted by Crippen LogP contribution is 2.42. The summed E-state index contributed by atoms with van der Waals surface area (Å²) in [6.07, 6.45) is 16.8. The zero-order valence-corrected chi connectivity index (χ0v) is 15.4. The fourth-order valence-electron chi connectivity index (χ4n) is 4.06. The third kappa shape index (κ3) is 6.72. The molecule has 2 bridgehead atoms. The number of rotatable bonds is 14. The van der Waals surface area contributed by atoms with Crippen LogP contribution in [0.1, 0.15) is 96.8 Å². The van der Waals surface area contributed by atoms with E-state index in [1.54, 1.807) is 0 Å². The van der Waals surface area contributed by atoms with Crippen LogP contribution in [0.4, 0.5) is 0 Å². The number of carboxylic acids is 1. The summed E-state index contributed by atoms with van der Waals surface area (Å²) in [5, 5.41) is 8.67. The van der Waals surface area contributed by atoms with E-state index in [0.717, 1.165) is 25.7 Å². The van der Waals surface area contributed by atoms with Crippen LogP contribution < -0.4 is 0 Å². The van der Waals surface area contributed by atoms with Crippen molar-refractivity contribution in [3.63, 3.8) is 0 Å². The number of carbonyl (C=O) groups is 1. The van der Waals surface area contributed by atoms with Crippen molar-refractivity contribution in [1.82, 2.24) is 0 Å². The number of hydrogen-bond acceptors (Lipinski definition) is 3. The SMILES string of the molecule is CCCCCCCC[C@H]1O[C@H]2C[C@H](O2)[C@@H]1CCCCCCC(=O)O. The van der Waals surface area contributed by atoms with Gasteiger partial charge in [0.15, 0.2) is 6.29 Å². The summed E-state index contributed by atoms with van der Waals surface area (Å²) in [7, 11) is 0. The predicted octanol–water partition coefficient (Wildman–Crippen LogP) is 5.29. The molecule has 4 nitrogen and oxygen atoms in total. The van der Waals surface area contributed by atoms with Crippen LogP contribution in [0.25, 0.3) is 0 Å². The second-order valence-corrected chi connectivity index (χ2v) is 7.58. The van der Waals surface area contributed by atoms with Crippen LogP contribution in [-0.4, -0.2) is 29.6 Å². The largest absolute Gasteiger partial charge is 0.481 e. The minimum atomic E-state index is -0.677. The highest BCUT2D eigenvalue weighted by atomic mass is 16.7. The molecule has 0 aliphatic carbocycles. The molecule has 1 N–H and O–H groups in total. The highest BCUT2D eigenvalue weighted by Gasteiger charge is 2.47. The number of hydrogen-bond donors (Lipinski definition) is 1. The Hall–Kier alpha value is -0.610. The van der Waals surface area contributed by atoms with E-state index >= 15 is 0 Å². The van der Waals surface area contributed by atoms with Crippen LogP contribution in [0.5, 0.6) is 0 Å². The zero-order chi connectivity index (χ0) is 17.2. The molecule has 4 atom stereocenters. The summed E-state index contributed by atoms with van der Waals surface area (Å²) in [6, 6.07) is 0. The first-order valence-electron chi connectivity index (χ1n) is 10.2. The molecule has 0 amide bonds. The van der Waals surface area contributed by atoms with E-state index in [0.29, 0.717) is 24.5 Å². The second-order valence-electron chi connectivity index (χ2n) is 7.58. The Balaban J connectivity index is 1.58. The smallest absolute Gasteiger partial charge is 0.303 e. The first kappa shape index (κ1) is 19.7. The van der Waals surface area contributed by atoms with Crippen LogP contribution in [0.3, 0.4) is 0 Å². The van der Waals surface area contributed by atoms with Crippen molar-refractivity contribution in [2.45, 2.75) is 115 Å². The van der Waals surface area contributed by atoms with Gasteiger partial charge in [0.25, 0.3) is 0 Å². The summed E-state index contributed by atoms with van der Waals surface area (Å²) in [4.78, 5) is 10.5. The normalized spacial score (nSPS) is 28.5. The number of ether oxygens (including phenoxy) is 2. The van der Waals surface area contributed by atoms with Crippen LogP contribution >= 0.6 is 0 Å². The van der Waals surface area contributed by atoms with Crippen molar-refractivity contribution in [2.24, 2.45) is 5.92 Å². The monoisotopic (exact) mass is 340 g/mol. The van der Waals surface area contributed by atoms with Crippen molar-refractivity contribution < 1.29 is 19.4 Å². The van der Waals surface area contributed by atoms with E-state index in [4.69, 9.17) is 14.6 Å². The zero-order valence-electron chi connectivity index (χ0n) is 15.4. The molecule has 3 aliphatic heterocycles. The molecule has 3 heterocycles. The summed E-state index contributed by atoms with van der Waals surface area (Å²) < 4.78 is 11.9. The minimum Gasteiger partial charge on any atom is -0.481 e. The molecule has 0 saturated carbocycles. The lowest BCUT2D eigenvalue weighted by Gasteiger charge is -2.50. The van der Waals surface area contributed by atoms with Gasteiger partial charge in [0.1, 0.15) is 0 Å². The molecule has 0 unspecified atom stereocenters. The Labute approximate surface area is 147 Å². The Bertz CT molecular complexity index is 352. The van der Waals surface area contributed by atoms with Crippen molar-refractivity contribution in [1.29, 1.82) is 0 Å². The van der Waals surface area contributed by atoms with Gasteiger partial charge in [-0.15, -0.1) is 0 Å². The number of carboxylic acid groups (broad SMARTS) is 1. The van der Waals surface area contributed by atoms with Crippen molar-refractivity contribution in [2.75, 3.05) is 0 Å². The average molecular weight is 341 g/mol. The predicted molar refractivity (Wildman–Crippen MR) is 95.0 cm³/mol. The standard InChI is InChI=1S/C20H36O4/c1-2-3-4-5-6-10-13-17-16(18-15-20(23-17)24-18)12-9-7-8-11-14-19(21)22/h16-18,20H,2-15H2,1H3,(H,21,22)/t16-,17-,18+,20-/m1/s1. The summed E-state index contributed by atoms with van der Waals surface area (Å²) in [5.41, 5.74) is 0. The van der Waals surface area contributed by atoms with Gasteiger partial charge >= 0.3 is 5.97 Å². The van der Waals surface area contributed by atoms with Gasteiger partial charge in [-0.2, -0.15) is 0 Å². The summed E-state index contributed by atoms with van der Waals surface area (Å²) >= 11 is 0. The molecule has 0 aromatic rings. The molecule has 24 heavy (non-hydrogen) atoms. The van der Waals surface area contributed by atoms with Crippen LogP contribution in [0.15, 0.2) is 0 Å². The van der Waals surface area contributed by atoms with E-state index in [1.807, 2.05) is 0 Å². The van der Waals surface area contributed by atoms with E-state index in [1.165, 1.54) is 57.8 Å². The number of fused-ring (bicyclic) bond motifs is 2. The maximum Gasteiger partial charge on any atom is 0.303 e. The van der Waals surface area contributed by atoms with Gasteiger partial charge in [0.05, 0.1) is 12.2 Å². The molecule has 3 aliphatic rings. The molecule has 0 radical (unpaired) electrons. The maximum atomic E-state index is 10.5. The van der Waals surface area contributed by atoms with Gasteiger partial charge in [-0.3, -0.25) is 4.79 Å². The van der Waals surface area contributed by atoms with Gasteiger partial charge < -0.3 is 14.6 Å². The van der Waals surface area contributed by atoms with E-state index in [9.17, 15) is 4.79 Å². The maximum absolute atomic E-state index is 10.5. The fourth-order valence-corrected chi connectivity index (χ4v) is 4.06. The fraction of sp³-hybridized carbons (Fsp3) is 0.950. The Morgan fingerprint density at radius 1 is 0.917 bits per heavy atom. The van der Waals surface area contributed by atoms with Gasteiger partial charge in [-0.25, -0.2) is 0 Å². The molecule has 4 heteroatoms. The molecule has 0 aromatic carbocycles. The van der Waals surface area contributed by atoms with Gasteiger partial charge in [0.2, 0.25) is 0 Å². The highest BCUT2D eigenvalue weighted by molar-refractivity contribution is 5.66. The average Bonchev–Trinajstić information content (AvgIpc) is 2.53. The molecule has 0 spiro atoms. The summed E-state index contributed by atoms with van der Waals surface area (Å²) in [5.74, 6) is -0.117. The third-order valence-electron chi connectivity index (χ3n) is 5.55. The molecular weight excluding hydrogens is 304 g/mol. The molecular formula is C20H36O4. The van der Waals surface area contributed by atoms with Crippen molar-refractivity contribution in [3.05, 3.63) is 0 Å². The minimum absolute atomic E-state index is 0.0758. The van der Waals surface area contributed by atoms with E-state index in [2.05, 4.69) is 6.92 Å². The van der Waals surface area contributed by atoms with Crippen molar-refractivity contribution in [3.8, 4) is 0 Å².